The van der Waals surface area contributed by atoms with E-state index in [1.165, 1.54) is 23.1 Å². The van der Waals surface area contributed by atoms with Crippen LogP contribution in [0.1, 0.15) is 5.56 Å². The molecule has 0 unspecified atom stereocenters. The zero-order chi connectivity index (χ0) is 10.8. The Labute approximate surface area is 80.6 Å². The Hall–Kier alpha value is -1.63. The molecule has 1 rings (SSSR count). The van der Waals surface area contributed by atoms with Crippen LogP contribution in [0.5, 0.6) is 0 Å². The summed E-state index contributed by atoms with van der Waals surface area (Å²) in [6.07, 6.45) is -0.559. The number of hydrogen-bond acceptors (Lipinski definition) is 5. The van der Waals surface area contributed by atoms with Gasteiger partial charge in [0.05, 0.1) is 0 Å². The summed E-state index contributed by atoms with van der Waals surface area (Å²) in [5.41, 5.74) is 0.775. The van der Waals surface area contributed by atoms with Crippen LogP contribution in [0.25, 0.3) is 0 Å². The zero-order valence-corrected chi connectivity index (χ0v) is 8.04. The highest BCUT2D eigenvalue weighted by Gasteiger charge is 2.14. The van der Waals surface area contributed by atoms with E-state index in [2.05, 4.69) is 4.98 Å². The number of amides is 1. The van der Waals surface area contributed by atoms with Crippen LogP contribution >= 0.6 is 0 Å². The molecule has 0 aliphatic rings. The molecule has 0 saturated carbocycles. The first-order valence-corrected chi connectivity index (χ1v) is 5.06. The number of carbonyl (C=O) groups is 1. The Morgan fingerprint density at radius 1 is 1.50 bits per heavy atom. The Morgan fingerprint density at radius 3 is 2.57 bits per heavy atom. The molecule has 6 nitrogen and oxygen atoms in total. The van der Waals surface area contributed by atoms with E-state index in [4.69, 9.17) is 0 Å². The maximum atomic E-state index is 11.2. The minimum absolute atomic E-state index is 0.354. The van der Waals surface area contributed by atoms with Gasteiger partial charge in [-0.25, -0.2) is 4.98 Å². The average molecular weight is 215 g/mol. The first-order chi connectivity index (χ1) is 6.42. The number of hydrogen-bond donors (Lipinski definition) is 1. The second kappa shape index (κ2) is 3.62. The van der Waals surface area contributed by atoms with Gasteiger partial charge in [-0.15, -0.1) is 0 Å². The van der Waals surface area contributed by atoms with Gasteiger partial charge < -0.3 is 9.90 Å². The van der Waals surface area contributed by atoms with Crippen LogP contribution < -0.4 is 9.83 Å². The summed E-state index contributed by atoms with van der Waals surface area (Å²) >= 11 is 0. The van der Waals surface area contributed by atoms with Crippen LogP contribution in [0.15, 0.2) is 23.4 Å². The number of carboxylic acid groups (broad SMARTS) is 1. The molecular formula is C7H7N2O4S-. The number of sulfonamides is 1. The van der Waals surface area contributed by atoms with Gasteiger partial charge in [0.15, 0.2) is 5.03 Å². The van der Waals surface area contributed by atoms with Crippen molar-refractivity contribution in [2.45, 2.75) is 11.9 Å². The zero-order valence-electron chi connectivity index (χ0n) is 7.22. The van der Waals surface area contributed by atoms with Crippen molar-refractivity contribution in [1.29, 1.82) is 0 Å². The van der Waals surface area contributed by atoms with Crippen LogP contribution in [0.2, 0.25) is 0 Å². The third-order valence-corrected chi connectivity index (χ3v) is 2.60. The molecule has 0 saturated heterocycles. The number of aryl methyl sites for hydroxylation is 1. The highest BCUT2D eigenvalue weighted by atomic mass is 32.2. The van der Waals surface area contributed by atoms with Gasteiger partial charge in [0.1, 0.15) is 6.09 Å². The minimum Gasteiger partial charge on any atom is -0.529 e. The predicted molar refractivity (Wildman–Crippen MR) is 44.7 cm³/mol. The lowest BCUT2D eigenvalue weighted by atomic mass is 10.3. The van der Waals surface area contributed by atoms with Crippen molar-refractivity contribution in [3.8, 4) is 0 Å². The molecule has 0 aliphatic heterocycles. The molecule has 1 aromatic rings. The van der Waals surface area contributed by atoms with Crippen molar-refractivity contribution in [2.75, 3.05) is 0 Å². The average Bonchev–Trinajstić information content (AvgIpc) is 2.02. The van der Waals surface area contributed by atoms with E-state index in [-0.39, 0.29) is 5.03 Å². The van der Waals surface area contributed by atoms with Crippen LogP contribution in [0, 0.1) is 6.92 Å². The monoisotopic (exact) mass is 215 g/mol. The van der Waals surface area contributed by atoms with Gasteiger partial charge in [0.25, 0.3) is 10.0 Å². The normalized spacial score (nSPS) is 10.9. The fourth-order valence-electron chi connectivity index (χ4n) is 0.775. The number of nitrogens with zero attached hydrogens (tertiary/aromatic N) is 1. The van der Waals surface area contributed by atoms with Gasteiger partial charge in [-0.1, -0.05) is 6.07 Å². The second-order valence-electron chi connectivity index (χ2n) is 2.57. The largest absolute Gasteiger partial charge is 0.529 e. The Kier molecular flexibility index (Phi) is 2.70. The van der Waals surface area contributed by atoms with E-state index in [1.54, 1.807) is 6.92 Å². The lowest BCUT2D eigenvalue weighted by Gasteiger charge is -2.06. The lowest BCUT2D eigenvalue weighted by Crippen LogP contribution is -2.40. The van der Waals surface area contributed by atoms with E-state index in [1.807, 2.05) is 0 Å². The molecule has 0 aromatic carbocycles. The molecule has 1 N–H and O–H groups in total. The van der Waals surface area contributed by atoms with E-state index in [0.29, 0.717) is 0 Å². The van der Waals surface area contributed by atoms with Gasteiger partial charge in [-0.2, -0.15) is 8.42 Å². The van der Waals surface area contributed by atoms with Crippen molar-refractivity contribution in [3.05, 3.63) is 23.9 Å². The topological polar surface area (TPSA) is 99.2 Å². The quantitative estimate of drug-likeness (QED) is 0.683. The van der Waals surface area contributed by atoms with Crippen molar-refractivity contribution in [1.82, 2.24) is 9.71 Å². The molecule has 0 atom stereocenters. The highest BCUT2D eigenvalue weighted by Crippen LogP contribution is 2.04. The summed E-state index contributed by atoms with van der Waals surface area (Å²) in [7, 11) is -4.10. The van der Waals surface area contributed by atoms with Crippen LogP contribution in [-0.2, 0) is 10.0 Å². The first kappa shape index (κ1) is 10.5. The van der Waals surface area contributed by atoms with Crippen molar-refractivity contribution in [3.63, 3.8) is 0 Å². The maximum absolute atomic E-state index is 11.2. The van der Waals surface area contributed by atoms with Gasteiger partial charge in [0.2, 0.25) is 0 Å². The standard InChI is InChI=1S/C7H8N2O4S/c1-5-2-3-6(8-4-5)14(12,13)9-7(10)11/h2-4,9H,1H3,(H,10,11)/p-1. The van der Waals surface area contributed by atoms with Crippen molar-refractivity contribution < 1.29 is 18.3 Å². The fraction of sp³-hybridized carbons (Fsp3) is 0.143. The molecule has 0 bridgehead atoms. The second-order valence-corrected chi connectivity index (χ2v) is 4.20. The number of pyridine rings is 1. The molecule has 1 heterocycles. The van der Waals surface area contributed by atoms with Crippen LogP contribution in [0.3, 0.4) is 0 Å². The number of rotatable bonds is 2. The summed E-state index contributed by atoms with van der Waals surface area (Å²) in [6, 6.07) is 2.72. The lowest BCUT2D eigenvalue weighted by molar-refractivity contribution is -0.248. The van der Waals surface area contributed by atoms with E-state index < -0.39 is 16.1 Å². The molecular weight excluding hydrogens is 208 g/mol. The Bertz CT molecular complexity index is 437. The van der Waals surface area contributed by atoms with Crippen molar-refractivity contribution >= 4 is 16.1 Å². The van der Waals surface area contributed by atoms with E-state index in [0.717, 1.165) is 5.56 Å². The number of carbonyl (C=O) groups excluding carboxylic acids is 1. The third kappa shape index (κ3) is 2.43. The van der Waals surface area contributed by atoms with Gasteiger partial charge in [0, 0.05) is 6.20 Å². The van der Waals surface area contributed by atoms with Gasteiger partial charge >= 0.3 is 0 Å². The fourth-order valence-corrected chi connectivity index (χ4v) is 1.54. The van der Waals surface area contributed by atoms with E-state index >= 15 is 0 Å². The summed E-state index contributed by atoms with van der Waals surface area (Å²) in [5.74, 6) is 0. The number of aromatic nitrogens is 1. The number of nitrogens with one attached hydrogen (secondary N) is 1. The maximum Gasteiger partial charge on any atom is 0.280 e. The molecule has 7 heteroatoms. The van der Waals surface area contributed by atoms with Gasteiger partial charge in [-0.05, 0) is 18.6 Å². The Morgan fingerprint density at radius 2 is 2.14 bits per heavy atom. The molecule has 1 aromatic heterocycles. The van der Waals surface area contributed by atoms with Crippen LogP contribution in [-0.4, -0.2) is 19.5 Å². The molecule has 0 aliphatic carbocycles. The SMILES string of the molecule is Cc1ccc(S(=O)(=O)NC(=O)[O-])nc1. The summed E-state index contributed by atoms with van der Waals surface area (Å²) < 4.78 is 23.6. The van der Waals surface area contributed by atoms with Crippen molar-refractivity contribution in [2.24, 2.45) is 0 Å². The van der Waals surface area contributed by atoms with E-state index in [9.17, 15) is 18.3 Å². The summed E-state index contributed by atoms with van der Waals surface area (Å²) in [5, 5.41) is 9.67. The third-order valence-electron chi connectivity index (χ3n) is 1.38. The minimum atomic E-state index is -4.10. The molecule has 0 spiro atoms. The predicted octanol–water partition coefficient (Wildman–Crippen LogP) is -0.988. The Balaban J connectivity index is 3.05. The molecule has 0 radical (unpaired) electrons. The smallest absolute Gasteiger partial charge is 0.280 e. The summed E-state index contributed by atoms with van der Waals surface area (Å²) in [6.45, 7) is 1.73. The summed E-state index contributed by atoms with van der Waals surface area (Å²) in [4.78, 5) is 13.6. The molecule has 0 fully saturated rings. The molecule has 1 amide bonds. The van der Waals surface area contributed by atoms with Crippen LogP contribution in [0.4, 0.5) is 4.79 Å². The highest BCUT2D eigenvalue weighted by molar-refractivity contribution is 7.90. The molecule has 76 valence electrons. The molecule has 14 heavy (non-hydrogen) atoms. The van der Waals surface area contributed by atoms with Gasteiger partial charge in [-0.3, -0.25) is 4.72 Å². The first-order valence-electron chi connectivity index (χ1n) is 3.58.